The van der Waals surface area contributed by atoms with Crippen LogP contribution in [0.1, 0.15) is 49.9 Å². The largest absolute Gasteiger partial charge is 0.275 e. The van der Waals surface area contributed by atoms with Gasteiger partial charge in [0.25, 0.3) is 0 Å². The number of pyridine rings is 2. The first-order valence-electron chi connectivity index (χ1n) is 36.0. The summed E-state index contributed by atoms with van der Waals surface area (Å²) < 4.78 is 6.20. The minimum atomic E-state index is -0.238. The highest BCUT2D eigenvalue weighted by Crippen LogP contribution is 2.52. The van der Waals surface area contributed by atoms with Gasteiger partial charge in [-0.25, -0.2) is 54.8 Å². The first-order chi connectivity index (χ1) is 52.5. The van der Waals surface area contributed by atoms with Crippen molar-refractivity contribution in [2.75, 3.05) is 0 Å². The molecule has 0 bridgehead atoms. The van der Waals surface area contributed by atoms with E-state index < -0.39 is 0 Å². The summed E-state index contributed by atoms with van der Waals surface area (Å²) in [5.41, 5.74) is 29.0. The maximum absolute atomic E-state index is 5.83. The van der Waals surface area contributed by atoms with Crippen LogP contribution in [0.3, 0.4) is 0 Å². The van der Waals surface area contributed by atoms with E-state index in [1.54, 1.807) is 24.8 Å². The Morgan fingerprint density at radius 3 is 1.10 bits per heavy atom. The van der Waals surface area contributed by atoms with Crippen molar-refractivity contribution in [3.05, 3.63) is 326 Å². The van der Waals surface area contributed by atoms with E-state index in [9.17, 15) is 0 Å². The van der Waals surface area contributed by atoms with Crippen molar-refractivity contribution in [1.82, 2.24) is 68.5 Å². The maximum Gasteiger partial charge on any atom is 0.198 e. The topological polar surface area (TPSA) is 157 Å². The van der Waals surface area contributed by atoms with Crippen molar-refractivity contribution in [3.63, 3.8) is 0 Å². The summed E-state index contributed by atoms with van der Waals surface area (Å²) in [6.07, 6.45) is 8.57. The molecule has 19 aromatic rings. The van der Waals surface area contributed by atoms with Gasteiger partial charge < -0.3 is 0 Å². The SMILES string of the molecule is CC1(C)c2ccccc2-c2ccc(-c3cc(-c4ccccc4)c4ccc5c(-c6cccc(-c7cnc8nc(-c9cc(-c%10nc%11nccnc%11n%10-c%10ccccc%10)cc(-c%10nc%11nccnc%11n%10-c%10ccccc%10)c9)n(-c9ccccc9)c8n7)c6)cc(-c6ccc7c(c6)C(C)(C)c6ccccc6-7)nc5c4n3)cc21. The quantitative estimate of drug-likeness (QED) is 0.114. The minimum Gasteiger partial charge on any atom is -0.275 e. The van der Waals surface area contributed by atoms with Crippen LogP contribution in [0.15, 0.2) is 304 Å². The van der Waals surface area contributed by atoms with Crippen LogP contribution in [0, 0.1) is 0 Å². The smallest absolute Gasteiger partial charge is 0.198 e. The molecule has 0 fully saturated rings. The van der Waals surface area contributed by atoms with Gasteiger partial charge in [-0.15, -0.1) is 0 Å². The van der Waals surface area contributed by atoms with Gasteiger partial charge in [0, 0.05) is 96.8 Å². The van der Waals surface area contributed by atoms with Crippen LogP contribution in [0.25, 0.3) is 185 Å². The van der Waals surface area contributed by atoms with Crippen LogP contribution in [-0.2, 0) is 10.8 Å². The summed E-state index contributed by atoms with van der Waals surface area (Å²) >= 11 is 0. The summed E-state index contributed by atoms with van der Waals surface area (Å²) in [7, 11) is 0. The molecule has 2 aliphatic rings. The molecule has 0 amide bonds. The molecular formula is C93H62N14. The summed E-state index contributed by atoms with van der Waals surface area (Å²) in [4.78, 5) is 57.6. The zero-order chi connectivity index (χ0) is 71.2. The zero-order valence-corrected chi connectivity index (χ0v) is 58.6. The van der Waals surface area contributed by atoms with Crippen molar-refractivity contribution in [2.45, 2.75) is 38.5 Å². The number of fused-ring (bicyclic) bond motifs is 12. The number of nitrogens with zero attached hydrogens (tertiary/aromatic N) is 14. The molecule has 0 spiro atoms. The third-order valence-electron chi connectivity index (χ3n) is 21.8. The molecule has 8 heterocycles. The highest BCUT2D eigenvalue weighted by molar-refractivity contribution is 6.14. The lowest BCUT2D eigenvalue weighted by atomic mass is 9.81. The average molecular weight is 1380 g/mol. The summed E-state index contributed by atoms with van der Waals surface area (Å²) in [6.45, 7) is 9.34. The third kappa shape index (κ3) is 9.75. The van der Waals surface area contributed by atoms with E-state index in [2.05, 4.69) is 226 Å². The minimum absolute atomic E-state index is 0.203. The Morgan fingerprint density at radius 1 is 0.243 bits per heavy atom. The van der Waals surface area contributed by atoms with Crippen LogP contribution in [-0.4, -0.2) is 68.5 Å². The third-order valence-corrected chi connectivity index (χ3v) is 21.8. The molecule has 14 heteroatoms. The molecule has 0 radical (unpaired) electrons. The second-order valence-corrected chi connectivity index (χ2v) is 28.7. The molecule has 11 aromatic carbocycles. The number of hydrogen-bond acceptors (Lipinski definition) is 11. The maximum atomic E-state index is 5.83. The number of aromatic nitrogens is 14. The predicted octanol–water partition coefficient (Wildman–Crippen LogP) is 21.1. The molecule has 107 heavy (non-hydrogen) atoms. The second-order valence-electron chi connectivity index (χ2n) is 28.7. The van der Waals surface area contributed by atoms with Crippen molar-refractivity contribution in [1.29, 1.82) is 0 Å². The van der Waals surface area contributed by atoms with Crippen molar-refractivity contribution in [2.24, 2.45) is 0 Å². The van der Waals surface area contributed by atoms with Gasteiger partial charge in [0.15, 0.2) is 33.9 Å². The lowest BCUT2D eigenvalue weighted by molar-refractivity contribution is 0.660. The van der Waals surface area contributed by atoms with Crippen LogP contribution < -0.4 is 0 Å². The first-order valence-corrected chi connectivity index (χ1v) is 36.0. The van der Waals surface area contributed by atoms with E-state index in [1.165, 1.54) is 44.5 Å². The zero-order valence-electron chi connectivity index (χ0n) is 58.6. The molecule has 8 aromatic heterocycles. The number of imidazole rings is 3. The van der Waals surface area contributed by atoms with E-state index in [1.807, 2.05) is 94.2 Å². The molecule has 0 aliphatic heterocycles. The van der Waals surface area contributed by atoms with Gasteiger partial charge in [0.2, 0.25) is 0 Å². The number of benzene rings is 11. The Bertz CT molecular complexity index is 6740. The molecule has 14 nitrogen and oxygen atoms in total. The highest BCUT2D eigenvalue weighted by atomic mass is 15.2. The lowest BCUT2D eigenvalue weighted by Crippen LogP contribution is -2.15. The molecule has 0 saturated heterocycles. The molecule has 0 unspecified atom stereocenters. The van der Waals surface area contributed by atoms with Crippen molar-refractivity contribution in [3.8, 4) is 130 Å². The fourth-order valence-corrected chi connectivity index (χ4v) is 16.6. The standard InChI is InChI=1S/C93H62N14/c1-92(2)74-34-19-17-32-66(74)68-38-36-58(50-76(68)92)78-52-72(55-22-9-5-10-23-55)70-40-41-71-73(53-79(100-82(71)81(70)99-78)59-37-39-69-67-33-18-20-35-75(67)93(3,4)77(69)51-59)56-24-21-25-57(46-56)80-54-98-85-91(101-80)107(65-30-15-8-16-31-65)88(104-85)62-48-60(86-102-83-89(96-44-42-94-83)105(86)63-26-11-6-12-27-63)47-61(49-62)87-103-84-90(97-45-43-95-84)106(87)64-28-13-7-14-29-64/h5-54H,1-4H3. The molecular weight excluding hydrogens is 1310 g/mol. The fourth-order valence-electron chi connectivity index (χ4n) is 16.6. The summed E-state index contributed by atoms with van der Waals surface area (Å²) in [5, 5.41) is 1.98. The van der Waals surface area contributed by atoms with Gasteiger partial charge in [-0.05, 0) is 152 Å². The van der Waals surface area contributed by atoms with E-state index in [-0.39, 0.29) is 10.8 Å². The van der Waals surface area contributed by atoms with Crippen LogP contribution >= 0.6 is 0 Å². The van der Waals surface area contributed by atoms with Gasteiger partial charge in [-0.3, -0.25) is 13.7 Å². The van der Waals surface area contributed by atoms with E-state index >= 15 is 0 Å². The van der Waals surface area contributed by atoms with Gasteiger partial charge >= 0.3 is 0 Å². The monoisotopic (exact) mass is 1370 g/mol. The Hall–Kier alpha value is -14.1. The second kappa shape index (κ2) is 23.7. The first kappa shape index (κ1) is 61.5. The van der Waals surface area contributed by atoms with Crippen molar-refractivity contribution >= 4 is 55.7 Å². The molecule has 0 atom stereocenters. The molecule has 2 aliphatic carbocycles. The van der Waals surface area contributed by atoms with Crippen LogP contribution in [0.2, 0.25) is 0 Å². The summed E-state index contributed by atoms with van der Waals surface area (Å²) in [5.74, 6) is 1.83. The van der Waals surface area contributed by atoms with Gasteiger partial charge in [0.05, 0.1) is 34.3 Å². The number of hydrogen-bond donors (Lipinski definition) is 0. The fraction of sp³-hybridized carbons (Fsp3) is 0.0645. The van der Waals surface area contributed by atoms with Gasteiger partial charge in [0.1, 0.15) is 17.5 Å². The number of para-hydroxylation sites is 3. The average Bonchev–Trinajstić information content (AvgIpc) is 1.24. The van der Waals surface area contributed by atoms with Gasteiger partial charge in [-0.2, -0.15) is 0 Å². The lowest BCUT2D eigenvalue weighted by Gasteiger charge is -2.22. The van der Waals surface area contributed by atoms with Crippen molar-refractivity contribution < 1.29 is 0 Å². The molecule has 0 saturated carbocycles. The Labute approximate surface area is 614 Å². The predicted molar refractivity (Wildman–Crippen MR) is 426 cm³/mol. The van der Waals surface area contributed by atoms with E-state index in [0.29, 0.717) is 57.1 Å². The Balaban J connectivity index is 0.762. The molecule has 0 N–H and O–H groups in total. The van der Waals surface area contributed by atoms with Crippen LogP contribution in [0.5, 0.6) is 0 Å². The Morgan fingerprint density at radius 2 is 0.617 bits per heavy atom. The number of rotatable bonds is 11. The summed E-state index contributed by atoms with van der Waals surface area (Å²) in [6, 6.07) is 96.6. The molecule has 21 rings (SSSR count). The van der Waals surface area contributed by atoms with Gasteiger partial charge in [-0.1, -0.05) is 216 Å². The molecule has 504 valence electrons. The highest BCUT2D eigenvalue weighted by Gasteiger charge is 2.37. The van der Waals surface area contributed by atoms with Crippen LogP contribution in [0.4, 0.5) is 0 Å². The normalized spacial score (nSPS) is 13.2. The van der Waals surface area contributed by atoms with E-state index in [0.717, 1.165) is 106 Å². The Kier molecular flexibility index (Phi) is 13.6. The van der Waals surface area contributed by atoms with E-state index in [4.69, 9.17) is 54.8 Å².